The van der Waals surface area contributed by atoms with Crippen molar-refractivity contribution >= 4 is 47.2 Å². The second-order valence-corrected chi connectivity index (χ2v) is 6.38. The number of guanidine groups is 1. The molecule has 0 radical (unpaired) electrons. The minimum absolute atomic E-state index is 0. The number of halogens is 2. The molecular weight excluding hydrogens is 481 g/mol. The van der Waals surface area contributed by atoms with Crippen molar-refractivity contribution in [3.05, 3.63) is 47.5 Å². The van der Waals surface area contributed by atoms with E-state index >= 15 is 0 Å². The quantitative estimate of drug-likeness (QED) is 0.361. The molecule has 27 heavy (non-hydrogen) atoms. The molecule has 0 saturated heterocycles. The molecule has 0 spiro atoms. The molecule has 2 aromatic carbocycles. The molecule has 2 aromatic rings. The SMILES string of the molecule is C[C@@H](CN=C(N)Nc1ccc2c(c1)OCCCO2)Oc1ccc(Cl)cc1.I. The first-order valence-electron chi connectivity index (χ1n) is 8.49. The average molecular weight is 504 g/mol. The van der Waals surface area contributed by atoms with Crippen LogP contribution in [-0.2, 0) is 0 Å². The van der Waals surface area contributed by atoms with Gasteiger partial charge in [0.15, 0.2) is 17.5 Å². The van der Waals surface area contributed by atoms with E-state index in [1.165, 1.54) is 0 Å². The summed E-state index contributed by atoms with van der Waals surface area (Å²) in [4.78, 5) is 4.32. The molecule has 146 valence electrons. The van der Waals surface area contributed by atoms with Crippen LogP contribution in [0.4, 0.5) is 5.69 Å². The van der Waals surface area contributed by atoms with Crippen LogP contribution >= 0.6 is 35.6 Å². The van der Waals surface area contributed by atoms with Gasteiger partial charge in [-0.05, 0) is 43.3 Å². The van der Waals surface area contributed by atoms with Crippen LogP contribution < -0.4 is 25.3 Å². The number of aliphatic imine (C=N–C) groups is 1. The highest BCUT2D eigenvalue weighted by molar-refractivity contribution is 14.0. The Kier molecular flexibility index (Phi) is 8.30. The first kappa shape index (κ1) is 21.4. The molecule has 1 atom stereocenters. The number of anilines is 1. The molecule has 8 heteroatoms. The third-order valence-electron chi connectivity index (χ3n) is 3.69. The van der Waals surface area contributed by atoms with E-state index in [1.54, 1.807) is 12.1 Å². The number of hydrogen-bond acceptors (Lipinski definition) is 4. The Morgan fingerprint density at radius 2 is 1.89 bits per heavy atom. The van der Waals surface area contributed by atoms with Crippen LogP contribution in [0.2, 0.25) is 5.02 Å². The fraction of sp³-hybridized carbons (Fsp3) is 0.316. The number of nitrogens with one attached hydrogen (secondary N) is 1. The molecule has 0 bridgehead atoms. The van der Waals surface area contributed by atoms with E-state index in [4.69, 9.17) is 31.5 Å². The molecule has 3 N–H and O–H groups in total. The summed E-state index contributed by atoms with van der Waals surface area (Å²) in [6.45, 7) is 3.65. The van der Waals surface area contributed by atoms with Gasteiger partial charge in [0.1, 0.15) is 11.9 Å². The molecular formula is C19H23ClIN3O3. The molecule has 0 unspecified atom stereocenters. The fourth-order valence-corrected chi connectivity index (χ4v) is 2.56. The van der Waals surface area contributed by atoms with E-state index in [-0.39, 0.29) is 30.1 Å². The van der Waals surface area contributed by atoms with E-state index < -0.39 is 0 Å². The van der Waals surface area contributed by atoms with Gasteiger partial charge in [0.2, 0.25) is 0 Å². The van der Waals surface area contributed by atoms with Crippen LogP contribution in [0, 0.1) is 0 Å². The van der Waals surface area contributed by atoms with Gasteiger partial charge in [-0.15, -0.1) is 24.0 Å². The third-order valence-corrected chi connectivity index (χ3v) is 3.94. The van der Waals surface area contributed by atoms with Gasteiger partial charge in [0.25, 0.3) is 0 Å². The molecule has 1 aliphatic heterocycles. The van der Waals surface area contributed by atoms with Crippen molar-refractivity contribution in [2.24, 2.45) is 10.7 Å². The Bertz CT molecular complexity index is 771. The lowest BCUT2D eigenvalue weighted by Gasteiger charge is -2.14. The van der Waals surface area contributed by atoms with Crippen molar-refractivity contribution in [1.29, 1.82) is 0 Å². The van der Waals surface area contributed by atoms with Crippen molar-refractivity contribution < 1.29 is 14.2 Å². The number of rotatable bonds is 5. The van der Waals surface area contributed by atoms with E-state index in [0.29, 0.717) is 36.5 Å². The Morgan fingerprint density at radius 3 is 2.63 bits per heavy atom. The van der Waals surface area contributed by atoms with Gasteiger partial charge in [0, 0.05) is 23.2 Å². The molecule has 6 nitrogen and oxygen atoms in total. The van der Waals surface area contributed by atoms with E-state index in [0.717, 1.165) is 23.6 Å². The predicted octanol–water partition coefficient (Wildman–Crippen LogP) is 4.31. The fourth-order valence-electron chi connectivity index (χ4n) is 2.44. The summed E-state index contributed by atoms with van der Waals surface area (Å²) in [5, 5.41) is 3.73. The van der Waals surface area contributed by atoms with Gasteiger partial charge in [-0.1, -0.05) is 11.6 Å². The molecule has 1 aliphatic rings. The minimum Gasteiger partial charge on any atom is -0.490 e. The van der Waals surface area contributed by atoms with E-state index in [9.17, 15) is 0 Å². The zero-order chi connectivity index (χ0) is 18.4. The van der Waals surface area contributed by atoms with Crippen LogP contribution in [-0.4, -0.2) is 31.8 Å². The zero-order valence-corrected chi connectivity index (χ0v) is 18.1. The molecule has 0 aliphatic carbocycles. The van der Waals surface area contributed by atoms with Crippen molar-refractivity contribution in [3.63, 3.8) is 0 Å². The molecule has 1 heterocycles. The maximum atomic E-state index is 5.97. The largest absolute Gasteiger partial charge is 0.490 e. The van der Waals surface area contributed by atoms with Gasteiger partial charge in [0.05, 0.1) is 19.8 Å². The maximum Gasteiger partial charge on any atom is 0.193 e. The van der Waals surface area contributed by atoms with Crippen LogP contribution in [0.15, 0.2) is 47.5 Å². The average Bonchev–Trinajstić information content (AvgIpc) is 2.87. The highest BCUT2D eigenvalue weighted by atomic mass is 127. The second-order valence-electron chi connectivity index (χ2n) is 5.95. The Labute approximate surface area is 181 Å². The van der Waals surface area contributed by atoms with Gasteiger partial charge >= 0.3 is 0 Å². The van der Waals surface area contributed by atoms with Gasteiger partial charge in [-0.2, -0.15) is 0 Å². The summed E-state index contributed by atoms with van der Waals surface area (Å²) in [5.41, 5.74) is 6.76. The van der Waals surface area contributed by atoms with E-state index in [1.807, 2.05) is 37.3 Å². The molecule has 3 rings (SSSR count). The lowest BCUT2D eigenvalue weighted by molar-refractivity contribution is 0.230. The van der Waals surface area contributed by atoms with Gasteiger partial charge in [-0.3, -0.25) is 0 Å². The van der Waals surface area contributed by atoms with Crippen LogP contribution in [0.5, 0.6) is 17.2 Å². The standard InChI is InChI=1S/C19H22ClN3O3.HI/c1-13(26-16-6-3-14(20)4-7-16)12-22-19(21)23-15-5-8-17-18(11-15)25-10-2-9-24-17;/h3-8,11,13H,2,9-10,12H2,1H3,(H3,21,22,23);1H/t13-;/m0./s1. The molecule has 0 saturated carbocycles. The third kappa shape index (κ3) is 6.66. The Morgan fingerprint density at radius 1 is 1.19 bits per heavy atom. The van der Waals surface area contributed by atoms with Gasteiger partial charge < -0.3 is 25.3 Å². The van der Waals surface area contributed by atoms with Crippen LogP contribution in [0.3, 0.4) is 0 Å². The number of nitrogens with zero attached hydrogens (tertiary/aromatic N) is 1. The lowest BCUT2D eigenvalue weighted by atomic mass is 10.3. The topological polar surface area (TPSA) is 78.1 Å². The molecule has 0 fully saturated rings. The highest BCUT2D eigenvalue weighted by Crippen LogP contribution is 2.32. The maximum absolute atomic E-state index is 5.97. The predicted molar refractivity (Wildman–Crippen MR) is 119 cm³/mol. The number of hydrogen-bond donors (Lipinski definition) is 2. The molecule has 0 amide bonds. The number of fused-ring (bicyclic) bond motifs is 1. The van der Waals surface area contributed by atoms with Crippen molar-refractivity contribution in [2.75, 3.05) is 25.1 Å². The second kappa shape index (κ2) is 10.5. The van der Waals surface area contributed by atoms with Crippen LogP contribution in [0.25, 0.3) is 0 Å². The Balaban J connectivity index is 0.00000261. The summed E-state index contributed by atoms with van der Waals surface area (Å²) in [6.07, 6.45) is 0.743. The molecule has 0 aromatic heterocycles. The number of nitrogens with two attached hydrogens (primary N) is 1. The normalized spacial score (nSPS) is 14.5. The van der Waals surface area contributed by atoms with Crippen molar-refractivity contribution in [1.82, 2.24) is 0 Å². The van der Waals surface area contributed by atoms with Gasteiger partial charge in [-0.25, -0.2) is 4.99 Å². The highest BCUT2D eigenvalue weighted by Gasteiger charge is 2.11. The summed E-state index contributed by atoms with van der Waals surface area (Å²) in [7, 11) is 0. The number of benzene rings is 2. The summed E-state index contributed by atoms with van der Waals surface area (Å²) in [5.74, 6) is 2.51. The summed E-state index contributed by atoms with van der Waals surface area (Å²) in [6, 6.07) is 12.8. The van der Waals surface area contributed by atoms with E-state index in [2.05, 4.69) is 10.3 Å². The van der Waals surface area contributed by atoms with Crippen molar-refractivity contribution in [3.8, 4) is 17.2 Å². The summed E-state index contributed by atoms with van der Waals surface area (Å²) < 4.78 is 17.1. The van der Waals surface area contributed by atoms with Crippen molar-refractivity contribution in [2.45, 2.75) is 19.4 Å². The monoisotopic (exact) mass is 503 g/mol. The lowest BCUT2D eigenvalue weighted by Crippen LogP contribution is -2.25. The van der Waals surface area contributed by atoms with Crippen LogP contribution in [0.1, 0.15) is 13.3 Å². The Hall–Kier alpha value is -1.87. The first-order valence-corrected chi connectivity index (χ1v) is 8.87. The zero-order valence-electron chi connectivity index (χ0n) is 15.0. The minimum atomic E-state index is -0.125. The summed E-state index contributed by atoms with van der Waals surface area (Å²) >= 11 is 5.86. The first-order chi connectivity index (χ1) is 12.6. The smallest absolute Gasteiger partial charge is 0.193 e. The number of ether oxygens (including phenoxy) is 3.